The smallest absolute Gasteiger partial charge is 0.163 e. The minimum Gasteiger partial charge on any atom is -0.493 e. The summed E-state index contributed by atoms with van der Waals surface area (Å²) in [5, 5.41) is 4.03. The first-order valence-corrected chi connectivity index (χ1v) is 5.02. The fourth-order valence-electron chi connectivity index (χ4n) is 1.41. The lowest BCUT2D eigenvalue weighted by molar-refractivity contribution is 0.352. The molecule has 0 saturated heterocycles. The van der Waals surface area contributed by atoms with Crippen molar-refractivity contribution in [1.82, 2.24) is 0 Å². The predicted molar refractivity (Wildman–Crippen MR) is 62.3 cm³/mol. The van der Waals surface area contributed by atoms with Crippen LogP contribution < -0.4 is 9.47 Å². The van der Waals surface area contributed by atoms with Crippen LogP contribution in [-0.2, 0) is 6.42 Å². The van der Waals surface area contributed by atoms with Crippen molar-refractivity contribution in [3.05, 3.63) is 33.2 Å². The van der Waals surface area contributed by atoms with Crippen molar-refractivity contribution in [3.8, 4) is 11.5 Å². The summed E-state index contributed by atoms with van der Waals surface area (Å²) in [6, 6.07) is 3.45. The van der Waals surface area contributed by atoms with Gasteiger partial charge in [0, 0.05) is 22.5 Å². The first-order valence-electron chi connectivity index (χ1n) is 4.64. The van der Waals surface area contributed by atoms with E-state index in [9.17, 15) is 0 Å². The average molecular weight is 242 g/mol. The van der Waals surface area contributed by atoms with Crippen LogP contribution in [0.15, 0.2) is 17.2 Å². The van der Waals surface area contributed by atoms with Crippen molar-refractivity contribution in [1.29, 1.82) is 0 Å². The van der Waals surface area contributed by atoms with E-state index in [-0.39, 0.29) is 0 Å². The van der Waals surface area contributed by atoms with Gasteiger partial charge in [-0.2, -0.15) is 0 Å². The molecule has 0 unspecified atom stereocenters. The van der Waals surface area contributed by atoms with Crippen molar-refractivity contribution < 1.29 is 9.47 Å². The monoisotopic (exact) mass is 241 g/mol. The third-order valence-corrected chi connectivity index (χ3v) is 2.28. The topological polar surface area (TPSA) is 67.2 Å². The molecule has 0 N–H and O–H groups in total. The minimum absolute atomic E-state index is 0.357. The van der Waals surface area contributed by atoms with Gasteiger partial charge in [0.1, 0.15) is 0 Å². The van der Waals surface area contributed by atoms with E-state index >= 15 is 0 Å². The third-order valence-electron chi connectivity index (χ3n) is 2.06. The number of hydrogen-bond acceptors (Lipinski definition) is 3. The van der Waals surface area contributed by atoms with Gasteiger partial charge in [-0.1, -0.05) is 16.7 Å². The molecular weight excluding hydrogens is 230 g/mol. The van der Waals surface area contributed by atoms with Gasteiger partial charge in [0.15, 0.2) is 11.5 Å². The molecule has 0 aromatic heterocycles. The lowest BCUT2D eigenvalue weighted by Crippen LogP contribution is -1.98. The Morgan fingerprint density at radius 2 is 2.12 bits per heavy atom. The second-order valence-corrected chi connectivity index (χ2v) is 3.44. The van der Waals surface area contributed by atoms with Crippen LogP contribution in [0.3, 0.4) is 0 Å². The fraction of sp³-hybridized carbons (Fsp3) is 0.400. The lowest BCUT2D eigenvalue weighted by Gasteiger charge is -2.12. The molecule has 1 aromatic carbocycles. The number of azide groups is 1. The van der Waals surface area contributed by atoms with E-state index in [0.29, 0.717) is 29.5 Å². The Morgan fingerprint density at radius 1 is 1.38 bits per heavy atom. The summed E-state index contributed by atoms with van der Waals surface area (Å²) in [6.45, 7) is 0.357. The highest BCUT2D eigenvalue weighted by Gasteiger charge is 2.11. The lowest BCUT2D eigenvalue weighted by atomic mass is 10.1. The van der Waals surface area contributed by atoms with Crippen LogP contribution in [0.25, 0.3) is 10.4 Å². The zero-order chi connectivity index (χ0) is 12.0. The maximum atomic E-state index is 8.20. The molecule has 5 nitrogen and oxygen atoms in total. The van der Waals surface area contributed by atoms with Crippen molar-refractivity contribution in [3.63, 3.8) is 0 Å². The third kappa shape index (κ3) is 2.95. The van der Waals surface area contributed by atoms with Gasteiger partial charge in [0.05, 0.1) is 14.2 Å². The van der Waals surface area contributed by atoms with Crippen LogP contribution >= 0.6 is 11.6 Å². The Bertz CT molecular complexity index is 417. The van der Waals surface area contributed by atoms with Gasteiger partial charge in [-0.25, -0.2) is 0 Å². The van der Waals surface area contributed by atoms with Crippen LogP contribution in [0.5, 0.6) is 11.5 Å². The normalized spacial score (nSPS) is 9.44. The van der Waals surface area contributed by atoms with Gasteiger partial charge < -0.3 is 9.47 Å². The van der Waals surface area contributed by atoms with Crippen LogP contribution in [0.1, 0.15) is 5.56 Å². The molecule has 0 atom stereocenters. The van der Waals surface area contributed by atoms with Crippen LogP contribution in [0, 0.1) is 0 Å². The highest BCUT2D eigenvalue weighted by Crippen LogP contribution is 2.34. The van der Waals surface area contributed by atoms with Crippen molar-refractivity contribution in [2.45, 2.75) is 6.42 Å². The van der Waals surface area contributed by atoms with Gasteiger partial charge in [-0.15, -0.1) is 0 Å². The molecule has 0 saturated carbocycles. The molecule has 0 aliphatic rings. The molecule has 1 rings (SSSR count). The van der Waals surface area contributed by atoms with Crippen LogP contribution in [0.2, 0.25) is 5.02 Å². The van der Waals surface area contributed by atoms with E-state index in [1.807, 2.05) is 0 Å². The van der Waals surface area contributed by atoms with Crippen molar-refractivity contribution >= 4 is 11.6 Å². The molecular formula is C10H12ClN3O2. The molecule has 0 aliphatic carbocycles. The standard InChI is InChI=1S/C10H12ClN3O2/c1-15-9-6-8(11)5-7(10(9)16-2)3-4-13-14-12/h5-6H,3-4H2,1-2H3. The molecule has 0 spiro atoms. The second-order valence-electron chi connectivity index (χ2n) is 3.00. The maximum Gasteiger partial charge on any atom is 0.163 e. The summed E-state index contributed by atoms with van der Waals surface area (Å²) >= 11 is 5.93. The summed E-state index contributed by atoms with van der Waals surface area (Å²) in [7, 11) is 3.11. The molecule has 6 heteroatoms. The Hall–Kier alpha value is -1.58. The van der Waals surface area contributed by atoms with Gasteiger partial charge in [0.2, 0.25) is 0 Å². The minimum atomic E-state index is 0.357. The van der Waals surface area contributed by atoms with E-state index in [0.717, 1.165) is 5.56 Å². The largest absolute Gasteiger partial charge is 0.493 e. The Kier molecular flexibility index (Phi) is 4.76. The second kappa shape index (κ2) is 6.10. The number of benzene rings is 1. The first kappa shape index (κ1) is 12.5. The molecule has 0 bridgehead atoms. The molecule has 0 heterocycles. The van der Waals surface area contributed by atoms with E-state index in [1.165, 1.54) is 0 Å². The highest BCUT2D eigenvalue weighted by molar-refractivity contribution is 6.30. The van der Waals surface area contributed by atoms with Gasteiger partial charge >= 0.3 is 0 Å². The Morgan fingerprint density at radius 3 is 2.69 bits per heavy atom. The van der Waals surface area contributed by atoms with Gasteiger partial charge in [0.25, 0.3) is 0 Å². The average Bonchev–Trinajstić information content (AvgIpc) is 2.28. The molecule has 1 aromatic rings. The van der Waals surface area contributed by atoms with Crippen LogP contribution in [-0.4, -0.2) is 20.8 Å². The van der Waals surface area contributed by atoms with Gasteiger partial charge in [-0.3, -0.25) is 0 Å². The zero-order valence-electron chi connectivity index (χ0n) is 9.11. The molecule has 0 radical (unpaired) electrons. The van der Waals surface area contributed by atoms with E-state index in [1.54, 1.807) is 26.4 Å². The van der Waals surface area contributed by atoms with Gasteiger partial charge in [-0.05, 0) is 23.6 Å². The molecule has 86 valence electrons. The summed E-state index contributed by atoms with van der Waals surface area (Å²) < 4.78 is 10.4. The number of halogens is 1. The molecule has 16 heavy (non-hydrogen) atoms. The predicted octanol–water partition coefficient (Wildman–Crippen LogP) is 3.21. The molecule has 0 aliphatic heterocycles. The number of methoxy groups -OCH3 is 2. The van der Waals surface area contributed by atoms with E-state index in [4.69, 9.17) is 26.6 Å². The first-order chi connectivity index (χ1) is 7.72. The summed E-state index contributed by atoms with van der Waals surface area (Å²) in [6.07, 6.45) is 0.560. The SMILES string of the molecule is COc1cc(Cl)cc(CCN=[N+]=[N-])c1OC. The summed E-state index contributed by atoms with van der Waals surface area (Å²) in [5.41, 5.74) is 9.06. The van der Waals surface area contributed by atoms with E-state index < -0.39 is 0 Å². The zero-order valence-corrected chi connectivity index (χ0v) is 9.86. The number of nitrogens with zero attached hydrogens (tertiary/aromatic N) is 3. The highest BCUT2D eigenvalue weighted by atomic mass is 35.5. The molecule has 0 amide bonds. The summed E-state index contributed by atoms with van der Waals surface area (Å²) in [4.78, 5) is 2.69. The van der Waals surface area contributed by atoms with Crippen molar-refractivity contribution in [2.75, 3.05) is 20.8 Å². The summed E-state index contributed by atoms with van der Waals surface area (Å²) in [5.74, 6) is 1.20. The number of ether oxygens (including phenoxy) is 2. The Balaban J connectivity index is 3.04. The number of rotatable bonds is 5. The number of hydrogen-bond donors (Lipinski definition) is 0. The molecule has 0 fully saturated rings. The van der Waals surface area contributed by atoms with Crippen LogP contribution in [0.4, 0.5) is 0 Å². The fourth-order valence-corrected chi connectivity index (χ4v) is 1.64. The van der Waals surface area contributed by atoms with E-state index in [2.05, 4.69) is 10.0 Å². The Labute approximate surface area is 98.6 Å². The quantitative estimate of drug-likeness (QED) is 0.451. The maximum absolute atomic E-state index is 8.20. The van der Waals surface area contributed by atoms with Crippen molar-refractivity contribution in [2.24, 2.45) is 5.11 Å².